The molecule has 1 saturated carbocycles. The molecule has 0 spiro atoms. The average Bonchev–Trinajstić information content (AvgIpc) is 3.30. The number of benzene rings is 1. The van der Waals surface area contributed by atoms with Crippen LogP contribution in [0.4, 0.5) is 5.69 Å². The Balaban J connectivity index is 1.85. The zero-order chi connectivity index (χ0) is 17.0. The summed E-state index contributed by atoms with van der Waals surface area (Å²) in [6.07, 6.45) is 2.11. The van der Waals surface area contributed by atoms with E-state index < -0.39 is 0 Å². The average molecular weight is 318 g/mol. The Morgan fingerprint density at radius 3 is 2.35 bits per heavy atom. The van der Waals surface area contributed by atoms with Crippen molar-refractivity contribution in [3.63, 3.8) is 0 Å². The third-order valence-corrected chi connectivity index (χ3v) is 4.07. The van der Waals surface area contributed by atoms with Crippen molar-refractivity contribution in [2.75, 3.05) is 18.9 Å². The molecule has 124 valence electrons. The molecule has 0 heterocycles. The summed E-state index contributed by atoms with van der Waals surface area (Å²) in [7, 11) is 1.83. The van der Waals surface area contributed by atoms with E-state index >= 15 is 0 Å². The van der Waals surface area contributed by atoms with Crippen molar-refractivity contribution < 1.29 is 19.3 Å². The number of Topliss-reactive ketones (excluding diaryl/α,β-unsaturated/α-hetero) is 1. The summed E-state index contributed by atoms with van der Waals surface area (Å²) < 4.78 is 0. The van der Waals surface area contributed by atoms with Crippen LogP contribution in [-0.4, -0.2) is 43.3 Å². The Hall–Kier alpha value is -2.21. The molecule has 1 aliphatic carbocycles. The molecular weight excluding hydrogens is 294 g/mol. The molecule has 6 heteroatoms. The van der Waals surface area contributed by atoms with Crippen LogP contribution in [0.1, 0.15) is 37.0 Å². The highest BCUT2D eigenvalue weighted by Crippen LogP contribution is 2.18. The van der Waals surface area contributed by atoms with Crippen LogP contribution in [0.3, 0.4) is 0 Å². The van der Waals surface area contributed by atoms with Gasteiger partial charge in [-0.25, -0.2) is 0 Å². The lowest BCUT2D eigenvalue weighted by Gasteiger charge is -2.20. The smallest absolute Gasteiger partial charge is 0.282 e. The van der Waals surface area contributed by atoms with Gasteiger partial charge < -0.3 is 15.5 Å². The second-order valence-electron chi connectivity index (χ2n) is 6.21. The minimum Gasteiger partial charge on any atom is -0.348 e. The van der Waals surface area contributed by atoms with Crippen LogP contribution >= 0.6 is 0 Å². The molecule has 1 aliphatic rings. The molecule has 6 nitrogen and oxygen atoms in total. The molecule has 1 aromatic rings. The number of amides is 2. The number of likely N-dealkylation sites (N-methyl/N-ethyl adjacent to an activating group) is 1. The van der Waals surface area contributed by atoms with E-state index in [1.54, 1.807) is 31.2 Å². The van der Waals surface area contributed by atoms with Gasteiger partial charge in [0, 0.05) is 17.3 Å². The molecule has 2 atom stereocenters. The fourth-order valence-corrected chi connectivity index (χ4v) is 2.18. The van der Waals surface area contributed by atoms with Crippen LogP contribution in [0.5, 0.6) is 0 Å². The maximum atomic E-state index is 12.3. The topological polar surface area (TPSA) is 79.7 Å². The number of hydrogen-bond acceptors (Lipinski definition) is 3. The van der Waals surface area contributed by atoms with E-state index in [0.29, 0.717) is 17.3 Å². The highest BCUT2D eigenvalue weighted by molar-refractivity contribution is 5.96. The van der Waals surface area contributed by atoms with Gasteiger partial charge in [-0.3, -0.25) is 14.4 Å². The van der Waals surface area contributed by atoms with Crippen LogP contribution in [0.2, 0.25) is 0 Å². The summed E-state index contributed by atoms with van der Waals surface area (Å²) in [5.74, 6) is -0.185. The van der Waals surface area contributed by atoms with Crippen LogP contribution in [0.25, 0.3) is 0 Å². The first kappa shape index (κ1) is 17.1. The molecule has 1 fully saturated rings. The number of quaternary nitrogens is 1. The van der Waals surface area contributed by atoms with Crippen LogP contribution in [0.15, 0.2) is 24.3 Å². The minimum absolute atomic E-state index is 0.0119. The predicted molar refractivity (Wildman–Crippen MR) is 87.5 cm³/mol. The van der Waals surface area contributed by atoms with E-state index in [4.69, 9.17) is 0 Å². The van der Waals surface area contributed by atoms with Gasteiger partial charge in [-0.15, -0.1) is 0 Å². The van der Waals surface area contributed by atoms with E-state index in [-0.39, 0.29) is 30.2 Å². The summed E-state index contributed by atoms with van der Waals surface area (Å²) in [6, 6.07) is 6.75. The third-order valence-electron chi connectivity index (χ3n) is 4.07. The Morgan fingerprint density at radius 1 is 1.22 bits per heavy atom. The van der Waals surface area contributed by atoms with Crippen molar-refractivity contribution in [2.24, 2.45) is 0 Å². The monoisotopic (exact) mass is 318 g/mol. The van der Waals surface area contributed by atoms with Crippen molar-refractivity contribution in [2.45, 2.75) is 38.8 Å². The number of ketones is 1. The summed E-state index contributed by atoms with van der Waals surface area (Å²) in [6.45, 7) is 3.56. The minimum atomic E-state index is -0.354. The highest BCUT2D eigenvalue weighted by Gasteiger charge is 2.27. The summed E-state index contributed by atoms with van der Waals surface area (Å²) in [5, 5.41) is 5.73. The number of carbonyl (C=O) groups is 3. The van der Waals surface area contributed by atoms with Crippen molar-refractivity contribution in [1.82, 2.24) is 5.32 Å². The summed E-state index contributed by atoms with van der Waals surface area (Å²) >= 11 is 0. The number of anilines is 1. The molecule has 0 aromatic heterocycles. The molecule has 0 bridgehead atoms. The molecule has 3 N–H and O–H groups in total. The quantitative estimate of drug-likeness (QED) is 0.620. The summed E-state index contributed by atoms with van der Waals surface area (Å²) in [5.41, 5.74) is 1.25. The lowest BCUT2D eigenvalue weighted by atomic mass is 10.1. The second-order valence-corrected chi connectivity index (χ2v) is 6.21. The van der Waals surface area contributed by atoms with Crippen LogP contribution < -0.4 is 15.5 Å². The zero-order valence-electron chi connectivity index (χ0n) is 13.8. The zero-order valence-corrected chi connectivity index (χ0v) is 13.8. The SMILES string of the molecule is CC(=O)c1ccc(NC(=O)[C@H](C)[NH+](C)CC(=O)NC2CC2)cc1. The second kappa shape index (κ2) is 7.37. The predicted octanol–water partition coefficient (Wildman–Crippen LogP) is 0.00950. The van der Waals surface area contributed by atoms with Crippen molar-refractivity contribution in [3.05, 3.63) is 29.8 Å². The lowest BCUT2D eigenvalue weighted by Crippen LogP contribution is -3.15. The fourth-order valence-electron chi connectivity index (χ4n) is 2.18. The first-order valence-electron chi connectivity index (χ1n) is 7.90. The molecule has 0 saturated heterocycles. The van der Waals surface area contributed by atoms with E-state index in [0.717, 1.165) is 17.7 Å². The highest BCUT2D eigenvalue weighted by atomic mass is 16.2. The molecule has 1 unspecified atom stereocenters. The molecule has 23 heavy (non-hydrogen) atoms. The van der Waals surface area contributed by atoms with Gasteiger partial charge in [-0.2, -0.15) is 0 Å². The Bertz CT molecular complexity index is 594. The van der Waals surface area contributed by atoms with Crippen molar-refractivity contribution in [3.8, 4) is 0 Å². The van der Waals surface area contributed by atoms with Gasteiger partial charge in [0.05, 0.1) is 7.05 Å². The first-order chi connectivity index (χ1) is 10.9. The number of carbonyl (C=O) groups excluding carboxylic acids is 3. The van der Waals surface area contributed by atoms with Gasteiger partial charge in [0.1, 0.15) is 0 Å². The van der Waals surface area contributed by atoms with E-state index in [1.165, 1.54) is 6.92 Å². The molecule has 0 radical (unpaired) electrons. The van der Waals surface area contributed by atoms with Gasteiger partial charge in [0.25, 0.3) is 11.8 Å². The lowest BCUT2D eigenvalue weighted by molar-refractivity contribution is -0.885. The van der Waals surface area contributed by atoms with Gasteiger partial charge in [0.15, 0.2) is 18.4 Å². The fraction of sp³-hybridized carbons (Fsp3) is 0.471. The Kier molecular flexibility index (Phi) is 5.50. The van der Waals surface area contributed by atoms with Crippen LogP contribution in [0, 0.1) is 0 Å². The largest absolute Gasteiger partial charge is 0.348 e. The third kappa shape index (κ3) is 5.17. The Labute approximate surface area is 136 Å². The van der Waals surface area contributed by atoms with Crippen molar-refractivity contribution >= 4 is 23.3 Å². The Morgan fingerprint density at radius 2 is 1.83 bits per heavy atom. The first-order valence-corrected chi connectivity index (χ1v) is 7.90. The maximum absolute atomic E-state index is 12.3. The van der Waals surface area contributed by atoms with Crippen molar-refractivity contribution in [1.29, 1.82) is 0 Å². The molecular formula is C17H24N3O3+. The van der Waals surface area contributed by atoms with E-state index in [9.17, 15) is 14.4 Å². The van der Waals surface area contributed by atoms with Gasteiger partial charge >= 0.3 is 0 Å². The van der Waals surface area contributed by atoms with E-state index in [1.807, 2.05) is 7.05 Å². The molecule has 0 aliphatic heterocycles. The van der Waals surface area contributed by atoms with Gasteiger partial charge in [0.2, 0.25) is 0 Å². The van der Waals surface area contributed by atoms with E-state index in [2.05, 4.69) is 10.6 Å². The van der Waals surface area contributed by atoms with Gasteiger partial charge in [-0.05, 0) is 51.0 Å². The summed E-state index contributed by atoms with van der Waals surface area (Å²) in [4.78, 5) is 36.1. The normalized spacial score (nSPS) is 16.3. The standard InChI is InChI=1S/C17H23N3O3/c1-11(20(3)10-16(22)18-14-8-9-14)17(23)19-15-6-4-13(5-7-15)12(2)21/h4-7,11,14H,8-10H2,1-3H3,(H,18,22)(H,19,23)/p+1/t11-/m0/s1. The van der Waals surface area contributed by atoms with Gasteiger partial charge in [-0.1, -0.05) is 0 Å². The van der Waals surface area contributed by atoms with Crippen LogP contribution in [-0.2, 0) is 9.59 Å². The number of rotatable bonds is 7. The molecule has 2 amide bonds. The molecule has 2 rings (SSSR count). The number of nitrogens with one attached hydrogen (secondary N) is 3. The maximum Gasteiger partial charge on any atom is 0.282 e. The molecule has 1 aromatic carbocycles. The number of hydrogen-bond donors (Lipinski definition) is 3.